The minimum Gasteiger partial charge on any atom is -0.338 e. The van der Waals surface area contributed by atoms with Crippen molar-refractivity contribution < 1.29 is 9.72 Å². The topological polar surface area (TPSA) is 107 Å². The Morgan fingerprint density at radius 1 is 1.23 bits per heavy atom. The summed E-state index contributed by atoms with van der Waals surface area (Å²) in [6.45, 7) is 1.48. The molecule has 1 amide bonds. The lowest BCUT2D eigenvalue weighted by atomic mass is 9.98. The number of likely N-dealkylation sites (tertiary alicyclic amines) is 1. The predicted molar refractivity (Wildman–Crippen MR) is 97.6 cm³/mol. The summed E-state index contributed by atoms with van der Waals surface area (Å²) >= 11 is 0. The fraction of sp³-hybridized carbons (Fsp3) is 0.412. The average molecular weight is 378 g/mol. The highest BCUT2D eigenvalue weighted by Gasteiger charge is 2.42. The number of halogens is 1. The lowest BCUT2D eigenvalue weighted by Gasteiger charge is -2.17. The van der Waals surface area contributed by atoms with Crippen molar-refractivity contribution in [3.05, 3.63) is 52.3 Å². The van der Waals surface area contributed by atoms with Gasteiger partial charge in [0.1, 0.15) is 0 Å². The van der Waals surface area contributed by atoms with Gasteiger partial charge in [-0.2, -0.15) is 5.10 Å². The summed E-state index contributed by atoms with van der Waals surface area (Å²) in [6, 6.07) is 6.26. The van der Waals surface area contributed by atoms with Gasteiger partial charge in [-0.15, -0.1) is 12.4 Å². The fourth-order valence-corrected chi connectivity index (χ4v) is 3.96. The number of hydrogen-bond acceptors (Lipinski definition) is 5. The van der Waals surface area contributed by atoms with E-state index < -0.39 is 4.92 Å². The van der Waals surface area contributed by atoms with Crippen molar-refractivity contribution in [2.45, 2.75) is 18.9 Å². The molecule has 8 nitrogen and oxygen atoms in total. The van der Waals surface area contributed by atoms with Crippen molar-refractivity contribution in [1.82, 2.24) is 14.7 Å². The van der Waals surface area contributed by atoms with Crippen LogP contribution in [0, 0.1) is 22.0 Å². The Kier molecular flexibility index (Phi) is 4.97. The number of aromatic nitrogens is 2. The molecule has 0 spiro atoms. The van der Waals surface area contributed by atoms with Gasteiger partial charge in [-0.25, -0.2) is 4.68 Å². The molecule has 1 aliphatic carbocycles. The van der Waals surface area contributed by atoms with Crippen molar-refractivity contribution in [2.75, 3.05) is 13.1 Å². The normalized spacial score (nSPS) is 24.2. The standard InChI is InChI=1S/C17H19N5O3.ClH/c18-16-6-1-11-8-20(10-15(11)16)17(23)12-7-19-21(9-12)13-2-4-14(5-3-13)22(24)25;/h2-5,7,9,11,15-16H,1,6,8,10,18H2;1H. The first kappa shape index (κ1) is 18.3. The Hall–Kier alpha value is -2.45. The summed E-state index contributed by atoms with van der Waals surface area (Å²) in [6.07, 6.45) is 5.35. The number of amides is 1. The quantitative estimate of drug-likeness (QED) is 0.650. The fourth-order valence-electron chi connectivity index (χ4n) is 3.96. The smallest absolute Gasteiger partial charge is 0.269 e. The number of non-ortho nitro benzene ring substituents is 1. The zero-order valence-corrected chi connectivity index (χ0v) is 14.8. The number of nitrogens with zero attached hydrogens (tertiary/aromatic N) is 4. The number of benzene rings is 1. The van der Waals surface area contributed by atoms with Gasteiger partial charge in [0.15, 0.2) is 0 Å². The molecule has 1 aromatic carbocycles. The Labute approximate surface area is 156 Å². The van der Waals surface area contributed by atoms with Crippen LogP contribution < -0.4 is 5.73 Å². The molecule has 3 unspecified atom stereocenters. The van der Waals surface area contributed by atoms with Crippen molar-refractivity contribution >= 4 is 24.0 Å². The third-order valence-electron chi connectivity index (χ3n) is 5.35. The van der Waals surface area contributed by atoms with Gasteiger partial charge in [0.05, 0.1) is 22.4 Å². The Morgan fingerprint density at radius 3 is 2.62 bits per heavy atom. The summed E-state index contributed by atoms with van der Waals surface area (Å²) in [5.41, 5.74) is 7.34. The minimum atomic E-state index is -0.448. The number of hydrogen-bond donors (Lipinski definition) is 1. The molecule has 26 heavy (non-hydrogen) atoms. The van der Waals surface area contributed by atoms with E-state index in [1.165, 1.54) is 18.3 Å². The van der Waals surface area contributed by atoms with Gasteiger partial charge in [0.25, 0.3) is 11.6 Å². The maximum absolute atomic E-state index is 12.7. The Balaban J connectivity index is 0.00000196. The van der Waals surface area contributed by atoms with E-state index in [0.29, 0.717) is 29.6 Å². The number of nitro groups is 1. The third-order valence-corrected chi connectivity index (χ3v) is 5.35. The number of carbonyl (C=O) groups is 1. The highest BCUT2D eigenvalue weighted by molar-refractivity contribution is 5.94. The van der Waals surface area contributed by atoms with Crippen molar-refractivity contribution in [3.8, 4) is 5.69 Å². The van der Waals surface area contributed by atoms with Crippen LogP contribution in [0.4, 0.5) is 5.69 Å². The highest BCUT2D eigenvalue weighted by Crippen LogP contribution is 2.37. The maximum Gasteiger partial charge on any atom is 0.269 e. The first-order chi connectivity index (χ1) is 12.0. The van der Waals surface area contributed by atoms with Crippen molar-refractivity contribution in [3.63, 3.8) is 0 Å². The van der Waals surface area contributed by atoms with Gasteiger partial charge in [-0.3, -0.25) is 14.9 Å². The molecule has 1 saturated carbocycles. The third kappa shape index (κ3) is 3.17. The molecule has 1 aromatic heterocycles. The van der Waals surface area contributed by atoms with E-state index in [2.05, 4.69) is 5.10 Å². The Bertz CT molecular complexity index is 822. The molecule has 0 bridgehead atoms. The predicted octanol–water partition coefficient (Wildman–Crippen LogP) is 2.01. The van der Waals surface area contributed by atoms with E-state index >= 15 is 0 Å². The SMILES string of the molecule is Cl.NC1CCC2CN(C(=O)c3cnn(-c4ccc([N+](=O)[O-])cc4)c3)CC12. The second-order valence-electron chi connectivity index (χ2n) is 6.82. The van der Waals surface area contributed by atoms with E-state index in [4.69, 9.17) is 5.73 Å². The van der Waals surface area contributed by atoms with Crippen molar-refractivity contribution in [2.24, 2.45) is 17.6 Å². The van der Waals surface area contributed by atoms with Crippen LogP contribution in [0.15, 0.2) is 36.7 Å². The molecule has 9 heteroatoms. The van der Waals surface area contributed by atoms with E-state index in [-0.39, 0.29) is 30.0 Å². The van der Waals surface area contributed by atoms with Crippen LogP contribution in [-0.4, -0.2) is 44.6 Å². The van der Waals surface area contributed by atoms with Crippen LogP contribution in [0.2, 0.25) is 0 Å². The molecule has 4 rings (SSSR count). The molecular weight excluding hydrogens is 358 g/mol. The summed E-state index contributed by atoms with van der Waals surface area (Å²) in [4.78, 5) is 24.9. The van der Waals surface area contributed by atoms with E-state index in [0.717, 1.165) is 19.4 Å². The average Bonchev–Trinajstić information content (AvgIpc) is 3.32. The van der Waals surface area contributed by atoms with Gasteiger partial charge in [-0.05, 0) is 36.8 Å². The Morgan fingerprint density at radius 2 is 1.96 bits per heavy atom. The molecule has 2 aliphatic rings. The summed E-state index contributed by atoms with van der Waals surface area (Å²) in [7, 11) is 0. The van der Waals surface area contributed by atoms with Gasteiger partial charge < -0.3 is 10.6 Å². The molecule has 138 valence electrons. The molecule has 3 atom stereocenters. The van der Waals surface area contributed by atoms with Crippen LogP contribution >= 0.6 is 12.4 Å². The molecule has 1 saturated heterocycles. The molecule has 0 radical (unpaired) electrons. The number of nitro benzene ring substituents is 1. The van der Waals surface area contributed by atoms with E-state index in [1.807, 2.05) is 4.90 Å². The van der Waals surface area contributed by atoms with Crippen molar-refractivity contribution in [1.29, 1.82) is 0 Å². The summed E-state index contributed by atoms with van der Waals surface area (Å²) < 4.78 is 1.56. The molecule has 2 N–H and O–H groups in total. The van der Waals surface area contributed by atoms with E-state index in [1.54, 1.807) is 23.0 Å². The lowest BCUT2D eigenvalue weighted by Crippen LogP contribution is -2.33. The number of carbonyl (C=O) groups excluding carboxylic acids is 1. The maximum atomic E-state index is 12.7. The van der Waals surface area contributed by atoms with Gasteiger partial charge in [0, 0.05) is 37.5 Å². The number of nitrogens with two attached hydrogens (primary N) is 1. The van der Waals surface area contributed by atoms with Gasteiger partial charge in [-0.1, -0.05) is 0 Å². The monoisotopic (exact) mass is 377 g/mol. The van der Waals surface area contributed by atoms with Crippen LogP contribution in [0.25, 0.3) is 5.69 Å². The second-order valence-corrected chi connectivity index (χ2v) is 6.82. The molecule has 2 fully saturated rings. The minimum absolute atomic E-state index is 0. The van der Waals surface area contributed by atoms with E-state index in [9.17, 15) is 14.9 Å². The molecule has 1 aliphatic heterocycles. The first-order valence-corrected chi connectivity index (χ1v) is 8.37. The molecular formula is C17H20ClN5O3. The molecule has 2 aromatic rings. The lowest BCUT2D eigenvalue weighted by molar-refractivity contribution is -0.384. The zero-order valence-electron chi connectivity index (χ0n) is 14.0. The van der Waals surface area contributed by atoms with Crippen LogP contribution in [0.3, 0.4) is 0 Å². The molecule has 2 heterocycles. The van der Waals surface area contributed by atoms with Gasteiger partial charge >= 0.3 is 0 Å². The summed E-state index contributed by atoms with van der Waals surface area (Å²) in [5.74, 6) is 0.895. The second kappa shape index (κ2) is 7.05. The van der Waals surface area contributed by atoms with Crippen LogP contribution in [0.1, 0.15) is 23.2 Å². The number of rotatable bonds is 3. The zero-order chi connectivity index (χ0) is 17.6. The largest absolute Gasteiger partial charge is 0.338 e. The first-order valence-electron chi connectivity index (χ1n) is 8.37. The highest BCUT2D eigenvalue weighted by atomic mass is 35.5. The van der Waals surface area contributed by atoms with Crippen LogP contribution in [-0.2, 0) is 0 Å². The van der Waals surface area contributed by atoms with Gasteiger partial charge in [0.2, 0.25) is 0 Å². The number of fused-ring (bicyclic) bond motifs is 1. The van der Waals surface area contributed by atoms with Crippen LogP contribution in [0.5, 0.6) is 0 Å². The summed E-state index contributed by atoms with van der Waals surface area (Å²) in [5, 5.41) is 14.9.